The van der Waals surface area contributed by atoms with Crippen molar-refractivity contribution in [3.8, 4) is 0 Å². The molecule has 0 radical (unpaired) electrons. The van der Waals surface area contributed by atoms with Gasteiger partial charge in [-0.15, -0.1) is 0 Å². The third kappa shape index (κ3) is 1.32. The van der Waals surface area contributed by atoms with Crippen LogP contribution in [0.2, 0.25) is 0 Å². The van der Waals surface area contributed by atoms with E-state index in [1.807, 2.05) is 6.08 Å². The maximum absolute atomic E-state index is 10.7. The van der Waals surface area contributed by atoms with Crippen LogP contribution in [0, 0.1) is 22.0 Å². The smallest absolute Gasteiger partial charge is 0.244 e. The van der Waals surface area contributed by atoms with E-state index in [0.29, 0.717) is 36.0 Å². The minimum absolute atomic E-state index is 0.228. The molecule has 0 spiro atoms. The molecule has 4 unspecified atom stereocenters. The molecule has 2 aliphatic carbocycles. The van der Waals surface area contributed by atoms with Crippen LogP contribution in [-0.4, -0.2) is 17.0 Å². The average Bonchev–Trinajstić information content (AvgIpc) is 2.73. The fraction of sp³-hybridized carbons (Fsp3) is 0.636. The Morgan fingerprint density at radius 3 is 3.20 bits per heavy atom. The molecule has 4 heteroatoms. The normalized spacial score (nSPS) is 42.3. The predicted molar refractivity (Wildman–Crippen MR) is 55.8 cm³/mol. The van der Waals surface area contributed by atoms with Crippen LogP contribution >= 0.6 is 0 Å². The number of fused-ring (bicyclic) bond motifs is 3. The number of nitrogens with one attached hydrogen (secondary N) is 1. The predicted octanol–water partition coefficient (Wildman–Crippen LogP) is 1.47. The lowest BCUT2D eigenvalue weighted by molar-refractivity contribution is -0.427. The van der Waals surface area contributed by atoms with Crippen LogP contribution in [0.25, 0.3) is 0 Å². The van der Waals surface area contributed by atoms with Gasteiger partial charge in [-0.25, -0.2) is 0 Å². The third-order valence-corrected chi connectivity index (χ3v) is 3.89. The molecule has 0 aromatic carbocycles. The van der Waals surface area contributed by atoms with Crippen molar-refractivity contribution >= 4 is 0 Å². The maximum atomic E-state index is 10.7. The van der Waals surface area contributed by atoms with Gasteiger partial charge in [-0.2, -0.15) is 0 Å². The van der Waals surface area contributed by atoms with Gasteiger partial charge in [-0.05, 0) is 24.8 Å². The molecule has 1 N–H and O–H groups in total. The Morgan fingerprint density at radius 1 is 1.53 bits per heavy atom. The summed E-state index contributed by atoms with van der Waals surface area (Å²) in [7, 11) is 0. The minimum atomic E-state index is -0.228. The Morgan fingerprint density at radius 2 is 2.40 bits per heavy atom. The molecule has 1 saturated heterocycles. The lowest BCUT2D eigenvalue weighted by Gasteiger charge is -2.22. The van der Waals surface area contributed by atoms with Crippen molar-refractivity contribution in [1.29, 1.82) is 0 Å². The Balaban J connectivity index is 1.85. The summed E-state index contributed by atoms with van der Waals surface area (Å²) in [6.45, 7) is 0. The van der Waals surface area contributed by atoms with E-state index in [4.69, 9.17) is 0 Å². The second kappa shape index (κ2) is 3.17. The van der Waals surface area contributed by atoms with Gasteiger partial charge in [0.15, 0.2) is 0 Å². The zero-order chi connectivity index (χ0) is 10.4. The highest BCUT2D eigenvalue weighted by molar-refractivity contribution is 5.21. The number of rotatable bonds is 1. The van der Waals surface area contributed by atoms with Gasteiger partial charge in [-0.3, -0.25) is 10.1 Å². The summed E-state index contributed by atoms with van der Waals surface area (Å²) < 4.78 is 0. The molecule has 4 atom stereocenters. The van der Waals surface area contributed by atoms with E-state index >= 15 is 0 Å². The number of hydrogen-bond acceptors (Lipinski definition) is 3. The van der Waals surface area contributed by atoms with E-state index < -0.39 is 0 Å². The van der Waals surface area contributed by atoms with Crippen LogP contribution in [0.4, 0.5) is 0 Å². The first kappa shape index (κ1) is 9.09. The van der Waals surface area contributed by atoms with Crippen molar-refractivity contribution in [2.45, 2.75) is 31.3 Å². The van der Waals surface area contributed by atoms with Crippen LogP contribution < -0.4 is 5.32 Å². The number of nitro groups is 1. The Labute approximate surface area is 88.2 Å². The van der Waals surface area contributed by atoms with Crippen LogP contribution in [0.3, 0.4) is 0 Å². The molecular formula is C11H14N2O2. The van der Waals surface area contributed by atoms with E-state index in [-0.39, 0.29) is 4.92 Å². The van der Waals surface area contributed by atoms with Crippen molar-refractivity contribution < 1.29 is 4.92 Å². The second-order valence-electron chi connectivity index (χ2n) is 4.66. The number of hydrogen-bond donors (Lipinski definition) is 1. The van der Waals surface area contributed by atoms with Crippen LogP contribution in [0.15, 0.2) is 23.9 Å². The summed E-state index contributed by atoms with van der Waals surface area (Å²) in [5.41, 5.74) is 0.408. The highest BCUT2D eigenvalue weighted by Crippen LogP contribution is 2.42. The van der Waals surface area contributed by atoms with Gasteiger partial charge < -0.3 is 5.32 Å². The SMILES string of the molecule is O=[N+]([O-])C1=CC2C(C1)NC1C=CCCC12. The molecule has 1 fully saturated rings. The van der Waals surface area contributed by atoms with Crippen LogP contribution in [0.1, 0.15) is 19.3 Å². The highest BCUT2D eigenvalue weighted by Gasteiger charge is 2.46. The van der Waals surface area contributed by atoms with E-state index in [1.54, 1.807) is 0 Å². The van der Waals surface area contributed by atoms with Crippen molar-refractivity contribution in [2.24, 2.45) is 11.8 Å². The average molecular weight is 206 g/mol. The quantitative estimate of drug-likeness (QED) is 0.401. The third-order valence-electron chi connectivity index (χ3n) is 3.89. The standard InChI is InChI=1S/C11H14N2O2/c14-13(15)7-5-9-8-3-1-2-4-10(8)12-11(9)6-7/h2,4-5,8-12H,1,3,6H2. The first-order valence-corrected chi connectivity index (χ1v) is 5.53. The zero-order valence-electron chi connectivity index (χ0n) is 8.43. The van der Waals surface area contributed by atoms with Crippen LogP contribution in [-0.2, 0) is 0 Å². The molecule has 3 aliphatic rings. The summed E-state index contributed by atoms with van der Waals surface area (Å²) in [6, 6.07) is 0.765. The molecular weight excluding hydrogens is 192 g/mol. The van der Waals surface area contributed by atoms with Gasteiger partial charge in [0.2, 0.25) is 5.70 Å². The molecule has 0 aromatic rings. The summed E-state index contributed by atoms with van der Waals surface area (Å²) in [6.07, 6.45) is 9.21. The second-order valence-corrected chi connectivity index (χ2v) is 4.66. The molecule has 0 aromatic heterocycles. The lowest BCUT2D eigenvalue weighted by Crippen LogP contribution is -2.31. The maximum Gasteiger partial charge on any atom is 0.244 e. The van der Waals surface area contributed by atoms with Gasteiger partial charge in [0.1, 0.15) is 0 Å². The summed E-state index contributed by atoms with van der Waals surface area (Å²) in [4.78, 5) is 10.5. The molecule has 0 bridgehead atoms. The van der Waals surface area contributed by atoms with E-state index in [9.17, 15) is 10.1 Å². The minimum Gasteiger partial charge on any atom is -0.306 e. The summed E-state index contributed by atoms with van der Waals surface area (Å²) >= 11 is 0. The lowest BCUT2D eigenvalue weighted by atomic mass is 9.82. The molecule has 3 rings (SSSR count). The fourth-order valence-corrected chi connectivity index (χ4v) is 3.21. The number of nitrogens with zero attached hydrogens (tertiary/aromatic N) is 1. The molecule has 1 aliphatic heterocycles. The highest BCUT2D eigenvalue weighted by atomic mass is 16.6. The van der Waals surface area contributed by atoms with E-state index in [2.05, 4.69) is 17.5 Å². The Bertz CT molecular complexity index is 362. The topological polar surface area (TPSA) is 55.2 Å². The monoisotopic (exact) mass is 206 g/mol. The molecule has 80 valence electrons. The van der Waals surface area contributed by atoms with Gasteiger partial charge in [-0.1, -0.05) is 12.2 Å². The van der Waals surface area contributed by atoms with E-state index in [0.717, 1.165) is 12.8 Å². The first-order chi connectivity index (χ1) is 7.25. The van der Waals surface area contributed by atoms with Crippen LogP contribution in [0.5, 0.6) is 0 Å². The first-order valence-electron chi connectivity index (χ1n) is 5.53. The number of allylic oxidation sites excluding steroid dienone is 1. The van der Waals surface area contributed by atoms with Crippen molar-refractivity contribution in [3.05, 3.63) is 34.0 Å². The largest absolute Gasteiger partial charge is 0.306 e. The summed E-state index contributed by atoms with van der Waals surface area (Å²) in [5.74, 6) is 0.970. The molecule has 1 heterocycles. The Kier molecular flexibility index (Phi) is 1.92. The molecule has 0 amide bonds. The van der Waals surface area contributed by atoms with Crippen molar-refractivity contribution in [3.63, 3.8) is 0 Å². The van der Waals surface area contributed by atoms with E-state index in [1.165, 1.54) is 0 Å². The molecule has 15 heavy (non-hydrogen) atoms. The van der Waals surface area contributed by atoms with Crippen molar-refractivity contribution in [2.75, 3.05) is 0 Å². The van der Waals surface area contributed by atoms with Gasteiger partial charge >= 0.3 is 0 Å². The molecule has 4 nitrogen and oxygen atoms in total. The van der Waals surface area contributed by atoms with Crippen molar-refractivity contribution in [1.82, 2.24) is 5.32 Å². The Hall–Kier alpha value is -1.16. The molecule has 0 saturated carbocycles. The fourth-order valence-electron chi connectivity index (χ4n) is 3.21. The van der Waals surface area contributed by atoms with Gasteiger partial charge in [0.25, 0.3) is 0 Å². The van der Waals surface area contributed by atoms with Gasteiger partial charge in [0.05, 0.1) is 11.3 Å². The zero-order valence-corrected chi connectivity index (χ0v) is 8.43. The van der Waals surface area contributed by atoms with Gasteiger partial charge in [0, 0.05) is 18.0 Å². The summed E-state index contributed by atoms with van der Waals surface area (Å²) in [5, 5.41) is 14.2.